The first-order chi connectivity index (χ1) is 16.4. The third kappa shape index (κ3) is 3.82. The highest BCUT2D eigenvalue weighted by Crippen LogP contribution is 2.31. The van der Waals surface area contributed by atoms with Gasteiger partial charge in [-0.15, -0.1) is 5.10 Å². The first-order valence-electron chi connectivity index (χ1n) is 10.5. The van der Waals surface area contributed by atoms with Crippen LogP contribution in [0, 0.1) is 0 Å². The first-order valence-corrected chi connectivity index (χ1v) is 12.4. The fraction of sp³-hybridized carbons (Fsp3) is 0.125. The van der Waals surface area contributed by atoms with Gasteiger partial charge in [-0.25, -0.2) is 13.4 Å². The summed E-state index contributed by atoms with van der Waals surface area (Å²) in [7, 11) is -2.35. The van der Waals surface area contributed by atoms with Crippen molar-refractivity contribution in [3.8, 4) is 5.75 Å². The van der Waals surface area contributed by atoms with Crippen LogP contribution < -0.4 is 10.1 Å². The van der Waals surface area contributed by atoms with Gasteiger partial charge in [0.1, 0.15) is 11.6 Å². The Bertz CT molecular complexity index is 1620. The minimum Gasteiger partial charge on any atom is -0.497 e. The first kappa shape index (κ1) is 22.1. The zero-order valence-electron chi connectivity index (χ0n) is 18.4. The minimum absolute atomic E-state index is 0.116. The molecule has 0 amide bonds. The summed E-state index contributed by atoms with van der Waals surface area (Å²) in [6.07, 6.45) is 0.811. The Kier molecular flexibility index (Phi) is 5.59. The summed E-state index contributed by atoms with van der Waals surface area (Å²) in [4.78, 5) is 4.76. The topological polar surface area (TPSA) is 98.5 Å². The number of nitrogens with zero attached hydrogens (tertiary/aromatic N) is 4. The molecule has 1 N–H and O–H groups in total. The molecule has 0 aliphatic carbocycles. The number of aromatic nitrogens is 4. The number of sulfone groups is 1. The number of benzene rings is 3. The summed E-state index contributed by atoms with van der Waals surface area (Å²) in [5, 5.41) is 12.3. The van der Waals surface area contributed by atoms with Crippen LogP contribution in [0.4, 0.5) is 11.5 Å². The standard InChI is InChI=1S/C24H20ClN5O3S/c1-3-15-4-11-19(12-5-15)34(31,32)24-23-27-22(26-17-7-9-18(33-2)10-8-17)20-14-16(25)6-13-21(20)30(23)29-28-24/h4-14H,3H2,1-2H3,(H,26,27). The van der Waals surface area contributed by atoms with E-state index in [-0.39, 0.29) is 15.6 Å². The normalized spacial score (nSPS) is 11.7. The van der Waals surface area contributed by atoms with Crippen LogP contribution in [-0.4, -0.2) is 35.3 Å². The number of methoxy groups -OCH3 is 1. The molecule has 0 aliphatic heterocycles. The predicted molar refractivity (Wildman–Crippen MR) is 131 cm³/mol. The molecular weight excluding hydrogens is 474 g/mol. The van der Waals surface area contributed by atoms with Crippen molar-refractivity contribution in [1.29, 1.82) is 0 Å². The quantitative estimate of drug-likeness (QED) is 0.352. The highest BCUT2D eigenvalue weighted by molar-refractivity contribution is 7.91. The van der Waals surface area contributed by atoms with E-state index in [4.69, 9.17) is 16.3 Å². The van der Waals surface area contributed by atoms with Crippen LogP contribution in [0.3, 0.4) is 0 Å². The molecule has 3 aromatic carbocycles. The zero-order valence-corrected chi connectivity index (χ0v) is 19.9. The van der Waals surface area contributed by atoms with Gasteiger partial charge in [0, 0.05) is 16.1 Å². The second-order valence-corrected chi connectivity index (χ2v) is 9.91. The lowest BCUT2D eigenvalue weighted by Crippen LogP contribution is -2.06. The molecule has 2 aromatic heterocycles. The van der Waals surface area contributed by atoms with E-state index in [0.29, 0.717) is 27.5 Å². The maximum Gasteiger partial charge on any atom is 0.229 e. The van der Waals surface area contributed by atoms with Gasteiger partial charge in [-0.05, 0) is 66.6 Å². The van der Waals surface area contributed by atoms with E-state index in [0.717, 1.165) is 17.7 Å². The van der Waals surface area contributed by atoms with Gasteiger partial charge in [-0.1, -0.05) is 35.9 Å². The average Bonchev–Trinajstić information content (AvgIpc) is 3.29. The lowest BCUT2D eigenvalue weighted by molar-refractivity contribution is 0.415. The van der Waals surface area contributed by atoms with Gasteiger partial charge in [0.25, 0.3) is 0 Å². The molecule has 0 aliphatic rings. The highest BCUT2D eigenvalue weighted by Gasteiger charge is 2.27. The van der Waals surface area contributed by atoms with Gasteiger partial charge >= 0.3 is 0 Å². The van der Waals surface area contributed by atoms with Gasteiger partial charge in [-0.2, -0.15) is 4.52 Å². The number of nitrogens with one attached hydrogen (secondary N) is 1. The van der Waals surface area contributed by atoms with Crippen molar-refractivity contribution in [2.24, 2.45) is 0 Å². The number of halogens is 1. The van der Waals surface area contributed by atoms with Crippen molar-refractivity contribution in [1.82, 2.24) is 19.8 Å². The summed E-state index contributed by atoms with van der Waals surface area (Å²) in [5.74, 6) is 1.14. The fourth-order valence-electron chi connectivity index (χ4n) is 3.67. The Morgan fingerprint density at radius 3 is 2.44 bits per heavy atom. The van der Waals surface area contributed by atoms with Crippen molar-refractivity contribution < 1.29 is 13.2 Å². The third-order valence-electron chi connectivity index (χ3n) is 5.53. The number of hydrogen-bond acceptors (Lipinski definition) is 7. The van der Waals surface area contributed by atoms with E-state index in [1.807, 2.05) is 31.2 Å². The van der Waals surface area contributed by atoms with E-state index in [1.54, 1.807) is 49.6 Å². The molecule has 172 valence electrons. The van der Waals surface area contributed by atoms with Crippen molar-refractivity contribution in [2.75, 3.05) is 12.4 Å². The number of rotatable bonds is 6. The second-order valence-electron chi connectivity index (χ2n) is 7.61. The summed E-state index contributed by atoms with van der Waals surface area (Å²) in [6.45, 7) is 2.01. The Morgan fingerprint density at radius 2 is 1.76 bits per heavy atom. The minimum atomic E-state index is -3.95. The lowest BCUT2D eigenvalue weighted by atomic mass is 10.2. The smallest absolute Gasteiger partial charge is 0.229 e. The summed E-state index contributed by atoms with van der Waals surface area (Å²) < 4.78 is 33.5. The second kappa shape index (κ2) is 8.58. The Balaban J connectivity index is 1.69. The van der Waals surface area contributed by atoms with E-state index in [9.17, 15) is 8.42 Å². The molecule has 5 aromatic rings. The van der Waals surface area contributed by atoms with Gasteiger partial charge in [0.05, 0.1) is 17.5 Å². The van der Waals surface area contributed by atoms with E-state index < -0.39 is 9.84 Å². The SMILES string of the molecule is CCc1ccc(S(=O)(=O)c2nnn3c2nc(Nc2ccc(OC)cc2)c2cc(Cl)ccc23)cc1. The molecule has 0 radical (unpaired) electrons. The molecule has 10 heteroatoms. The number of ether oxygens (including phenoxy) is 1. The summed E-state index contributed by atoms with van der Waals surface area (Å²) >= 11 is 6.25. The number of anilines is 2. The van der Waals surface area contributed by atoms with Crippen LogP contribution in [0.1, 0.15) is 12.5 Å². The van der Waals surface area contributed by atoms with Crippen molar-refractivity contribution in [2.45, 2.75) is 23.3 Å². The fourth-order valence-corrected chi connectivity index (χ4v) is 5.07. The molecule has 0 saturated carbocycles. The monoisotopic (exact) mass is 493 g/mol. The van der Waals surface area contributed by atoms with Crippen LogP contribution in [0.15, 0.2) is 76.7 Å². The molecule has 0 bridgehead atoms. The lowest BCUT2D eigenvalue weighted by Gasteiger charge is -2.11. The number of hydrogen-bond donors (Lipinski definition) is 1. The molecule has 0 atom stereocenters. The largest absolute Gasteiger partial charge is 0.497 e. The molecule has 34 heavy (non-hydrogen) atoms. The Morgan fingerprint density at radius 1 is 1.03 bits per heavy atom. The molecule has 8 nitrogen and oxygen atoms in total. The van der Waals surface area contributed by atoms with Gasteiger partial charge in [0.15, 0.2) is 5.65 Å². The van der Waals surface area contributed by atoms with Crippen LogP contribution in [0.25, 0.3) is 16.6 Å². The maximum absolute atomic E-state index is 13.4. The van der Waals surface area contributed by atoms with Gasteiger partial charge in [-0.3, -0.25) is 0 Å². The number of fused-ring (bicyclic) bond motifs is 3. The van der Waals surface area contributed by atoms with Gasteiger partial charge < -0.3 is 10.1 Å². The van der Waals surface area contributed by atoms with Crippen LogP contribution in [0.2, 0.25) is 5.02 Å². The van der Waals surface area contributed by atoms with Gasteiger partial charge in [0.2, 0.25) is 14.9 Å². The molecule has 0 unspecified atom stereocenters. The van der Waals surface area contributed by atoms with E-state index in [2.05, 4.69) is 20.6 Å². The molecule has 0 saturated heterocycles. The van der Waals surface area contributed by atoms with Crippen LogP contribution in [0.5, 0.6) is 5.75 Å². The van der Waals surface area contributed by atoms with E-state index in [1.165, 1.54) is 4.52 Å². The third-order valence-corrected chi connectivity index (χ3v) is 7.43. The average molecular weight is 494 g/mol. The highest BCUT2D eigenvalue weighted by atomic mass is 35.5. The molecule has 0 spiro atoms. The van der Waals surface area contributed by atoms with E-state index >= 15 is 0 Å². The summed E-state index contributed by atoms with van der Waals surface area (Å²) in [6, 6.07) is 19.2. The molecular formula is C24H20ClN5O3S. The zero-order chi connectivity index (χ0) is 23.9. The molecule has 0 fully saturated rings. The van der Waals surface area contributed by atoms with Crippen molar-refractivity contribution >= 4 is 49.5 Å². The Labute approximate surface area is 201 Å². The predicted octanol–water partition coefficient (Wildman–Crippen LogP) is 5.08. The molecule has 5 rings (SSSR count). The van der Waals surface area contributed by atoms with Crippen LogP contribution >= 0.6 is 11.6 Å². The Hall–Kier alpha value is -3.69. The summed E-state index contributed by atoms with van der Waals surface area (Å²) in [5.41, 5.74) is 2.51. The van der Waals surface area contributed by atoms with Crippen LogP contribution in [-0.2, 0) is 16.3 Å². The van der Waals surface area contributed by atoms with Crippen molar-refractivity contribution in [3.63, 3.8) is 0 Å². The molecule has 2 heterocycles. The maximum atomic E-state index is 13.4. The number of aryl methyl sites for hydroxylation is 1. The van der Waals surface area contributed by atoms with Crippen molar-refractivity contribution in [3.05, 3.63) is 77.3 Å².